The summed E-state index contributed by atoms with van der Waals surface area (Å²) in [6.45, 7) is 4.32. The van der Waals surface area contributed by atoms with Gasteiger partial charge in [0.25, 0.3) is 0 Å². The molecule has 36 heavy (non-hydrogen) atoms. The molecule has 186 valence electrons. The highest BCUT2D eigenvalue weighted by molar-refractivity contribution is 7.99. The van der Waals surface area contributed by atoms with Gasteiger partial charge in [-0.1, -0.05) is 66.4 Å². The Morgan fingerprint density at radius 3 is 2.61 bits per heavy atom. The van der Waals surface area contributed by atoms with Gasteiger partial charge < -0.3 is 9.88 Å². The maximum Gasteiger partial charge on any atom is 0.416 e. The van der Waals surface area contributed by atoms with Gasteiger partial charge in [-0.3, -0.25) is 4.79 Å². The molecule has 0 aliphatic rings. The minimum absolute atomic E-state index is 0.100. The number of carbonyl (C=O) groups excluding carboxylic acids is 1. The van der Waals surface area contributed by atoms with Crippen LogP contribution in [0.3, 0.4) is 0 Å². The number of carbonyl (C=O) groups is 1. The fourth-order valence-corrected chi connectivity index (χ4v) is 5.07. The van der Waals surface area contributed by atoms with Crippen molar-refractivity contribution in [3.05, 3.63) is 101 Å². The molecular formula is C25H22F3N5OS2. The van der Waals surface area contributed by atoms with E-state index in [2.05, 4.69) is 27.1 Å². The van der Waals surface area contributed by atoms with Gasteiger partial charge in [0.2, 0.25) is 5.91 Å². The Balaban J connectivity index is 1.34. The van der Waals surface area contributed by atoms with E-state index in [1.165, 1.54) is 29.2 Å². The van der Waals surface area contributed by atoms with Crippen LogP contribution in [0.5, 0.6) is 0 Å². The van der Waals surface area contributed by atoms with E-state index in [-0.39, 0.29) is 11.7 Å². The fraction of sp³-hybridized carbons (Fsp3) is 0.200. The van der Waals surface area contributed by atoms with Crippen LogP contribution in [0.1, 0.15) is 27.4 Å². The van der Waals surface area contributed by atoms with Crippen molar-refractivity contribution >= 4 is 34.1 Å². The number of anilines is 1. The van der Waals surface area contributed by atoms with Crippen molar-refractivity contribution in [3.63, 3.8) is 0 Å². The first-order valence-electron chi connectivity index (χ1n) is 10.9. The van der Waals surface area contributed by atoms with Gasteiger partial charge in [0.15, 0.2) is 10.3 Å². The van der Waals surface area contributed by atoms with E-state index in [0.29, 0.717) is 35.2 Å². The zero-order chi connectivity index (χ0) is 25.5. The molecule has 0 fully saturated rings. The number of thioether (sulfide) groups is 1. The largest absolute Gasteiger partial charge is 0.416 e. The summed E-state index contributed by atoms with van der Waals surface area (Å²) in [5.74, 6) is 0.615. The number of benzene rings is 2. The Hall–Kier alpha value is -3.44. The standard InChI is InChI=1S/C25H22F3N5OS2/c1-2-11-33-21(14-17-7-4-3-5-8-17)31-32-24(33)35-16-22(34)30-23-29-15-20(36-23)13-18-9-6-10-19(12-18)25(26,27)28/h2-10,12,15H,1,11,13-14,16H2,(H,29,30,34). The first kappa shape index (κ1) is 25.6. The summed E-state index contributed by atoms with van der Waals surface area (Å²) >= 11 is 2.49. The van der Waals surface area contributed by atoms with E-state index in [1.807, 2.05) is 34.9 Å². The summed E-state index contributed by atoms with van der Waals surface area (Å²) in [4.78, 5) is 17.4. The number of nitrogens with zero attached hydrogens (tertiary/aromatic N) is 4. The minimum atomic E-state index is -4.39. The van der Waals surface area contributed by atoms with Gasteiger partial charge in [0.05, 0.1) is 11.3 Å². The van der Waals surface area contributed by atoms with Gasteiger partial charge in [0, 0.05) is 30.5 Å². The van der Waals surface area contributed by atoms with Crippen molar-refractivity contribution in [2.24, 2.45) is 0 Å². The molecule has 2 aromatic carbocycles. The molecule has 11 heteroatoms. The lowest BCUT2D eigenvalue weighted by molar-refractivity contribution is -0.137. The van der Waals surface area contributed by atoms with Crippen LogP contribution in [-0.2, 0) is 30.4 Å². The van der Waals surface area contributed by atoms with E-state index < -0.39 is 11.7 Å². The molecule has 0 unspecified atom stereocenters. The number of alkyl halides is 3. The predicted molar refractivity (Wildman–Crippen MR) is 135 cm³/mol. The van der Waals surface area contributed by atoms with E-state index in [0.717, 1.165) is 28.4 Å². The van der Waals surface area contributed by atoms with Crippen molar-refractivity contribution < 1.29 is 18.0 Å². The predicted octanol–water partition coefficient (Wildman–Crippen LogP) is 5.85. The molecule has 0 atom stereocenters. The monoisotopic (exact) mass is 529 g/mol. The lowest BCUT2D eigenvalue weighted by Crippen LogP contribution is -2.14. The van der Waals surface area contributed by atoms with Crippen LogP contribution >= 0.6 is 23.1 Å². The van der Waals surface area contributed by atoms with Crippen molar-refractivity contribution in [3.8, 4) is 0 Å². The van der Waals surface area contributed by atoms with E-state index in [9.17, 15) is 18.0 Å². The Morgan fingerprint density at radius 1 is 1.08 bits per heavy atom. The van der Waals surface area contributed by atoms with Crippen molar-refractivity contribution in [2.45, 2.75) is 30.7 Å². The zero-order valence-electron chi connectivity index (χ0n) is 19.0. The molecule has 1 N–H and O–H groups in total. The second kappa shape index (κ2) is 11.5. The molecule has 0 saturated carbocycles. The quantitative estimate of drug-likeness (QED) is 0.206. The van der Waals surface area contributed by atoms with Crippen LogP contribution in [0.2, 0.25) is 0 Å². The van der Waals surface area contributed by atoms with E-state index in [1.54, 1.807) is 18.3 Å². The lowest BCUT2D eigenvalue weighted by atomic mass is 10.1. The topological polar surface area (TPSA) is 72.7 Å². The second-order valence-electron chi connectivity index (χ2n) is 7.80. The molecule has 4 aromatic rings. The molecule has 1 amide bonds. The number of rotatable bonds is 10. The average Bonchev–Trinajstić information content (AvgIpc) is 3.45. The maximum absolute atomic E-state index is 12.9. The van der Waals surface area contributed by atoms with Crippen LogP contribution < -0.4 is 5.32 Å². The molecule has 0 saturated heterocycles. The number of amides is 1. The van der Waals surface area contributed by atoms with E-state index in [4.69, 9.17) is 0 Å². The summed E-state index contributed by atoms with van der Waals surface area (Å²) < 4.78 is 40.8. The minimum Gasteiger partial charge on any atom is -0.302 e. The van der Waals surface area contributed by atoms with Crippen LogP contribution in [0.4, 0.5) is 18.3 Å². The first-order chi connectivity index (χ1) is 17.3. The number of hydrogen-bond acceptors (Lipinski definition) is 6. The number of nitrogens with one attached hydrogen (secondary N) is 1. The molecule has 0 bridgehead atoms. The van der Waals surface area contributed by atoms with Crippen LogP contribution in [-0.4, -0.2) is 31.4 Å². The normalized spacial score (nSPS) is 11.4. The highest BCUT2D eigenvalue weighted by Crippen LogP contribution is 2.30. The van der Waals surface area contributed by atoms with Gasteiger partial charge in [-0.15, -0.1) is 28.1 Å². The van der Waals surface area contributed by atoms with E-state index >= 15 is 0 Å². The number of hydrogen-bond donors (Lipinski definition) is 1. The van der Waals surface area contributed by atoms with Gasteiger partial charge in [0.1, 0.15) is 5.82 Å². The SMILES string of the molecule is C=CCn1c(Cc2ccccc2)nnc1SCC(=O)Nc1ncc(Cc2cccc(C(F)(F)F)c2)s1. The molecule has 2 heterocycles. The molecule has 4 rings (SSSR count). The molecule has 0 spiro atoms. The molecular weight excluding hydrogens is 507 g/mol. The van der Waals surface area contributed by atoms with Crippen LogP contribution in [0.25, 0.3) is 0 Å². The van der Waals surface area contributed by atoms with Gasteiger partial charge >= 0.3 is 6.18 Å². The highest BCUT2D eigenvalue weighted by Gasteiger charge is 2.30. The Labute approximate surface area is 214 Å². The number of thiazole rings is 1. The Bertz CT molecular complexity index is 1330. The third-order valence-electron chi connectivity index (χ3n) is 5.08. The molecule has 2 aromatic heterocycles. The van der Waals surface area contributed by atoms with Gasteiger partial charge in [-0.2, -0.15) is 13.2 Å². The third kappa shape index (κ3) is 6.82. The molecule has 6 nitrogen and oxygen atoms in total. The van der Waals surface area contributed by atoms with Crippen molar-refractivity contribution in [1.29, 1.82) is 0 Å². The second-order valence-corrected chi connectivity index (χ2v) is 9.86. The average molecular weight is 530 g/mol. The Kier molecular flexibility index (Phi) is 8.21. The Morgan fingerprint density at radius 2 is 1.86 bits per heavy atom. The summed E-state index contributed by atoms with van der Waals surface area (Å²) in [5, 5.41) is 12.3. The smallest absolute Gasteiger partial charge is 0.302 e. The fourth-order valence-electron chi connectivity index (χ4n) is 3.44. The van der Waals surface area contributed by atoms with Gasteiger partial charge in [-0.25, -0.2) is 4.98 Å². The number of aromatic nitrogens is 4. The molecule has 0 radical (unpaired) electrons. The summed E-state index contributed by atoms with van der Waals surface area (Å²) in [6.07, 6.45) is -0.171. The summed E-state index contributed by atoms with van der Waals surface area (Å²) in [5.41, 5.74) is 0.940. The zero-order valence-corrected chi connectivity index (χ0v) is 20.7. The van der Waals surface area contributed by atoms with Crippen LogP contribution in [0, 0.1) is 0 Å². The van der Waals surface area contributed by atoms with Crippen molar-refractivity contribution in [1.82, 2.24) is 19.7 Å². The first-order valence-corrected chi connectivity index (χ1v) is 12.7. The van der Waals surface area contributed by atoms with Crippen LogP contribution in [0.15, 0.2) is 78.6 Å². The maximum atomic E-state index is 12.9. The molecule has 0 aliphatic heterocycles. The number of halogens is 3. The molecule has 0 aliphatic carbocycles. The summed E-state index contributed by atoms with van der Waals surface area (Å²) in [7, 11) is 0. The highest BCUT2D eigenvalue weighted by atomic mass is 32.2. The van der Waals surface area contributed by atoms with Crippen molar-refractivity contribution in [2.75, 3.05) is 11.1 Å². The number of allylic oxidation sites excluding steroid dienone is 1. The third-order valence-corrected chi connectivity index (χ3v) is 6.95. The van der Waals surface area contributed by atoms with Gasteiger partial charge in [-0.05, 0) is 17.2 Å². The summed E-state index contributed by atoms with van der Waals surface area (Å²) in [6, 6.07) is 15.1. The lowest BCUT2D eigenvalue weighted by Gasteiger charge is -2.08.